The van der Waals surface area contributed by atoms with Crippen LogP contribution in [0.15, 0.2) is 0 Å². The third-order valence-corrected chi connectivity index (χ3v) is 4.90. The molecule has 1 nitrogen and oxygen atoms in total. The maximum Gasteiger partial charge on any atom is 0.0620 e. The molecule has 1 unspecified atom stereocenters. The fourth-order valence-corrected chi connectivity index (χ4v) is 3.93. The van der Waals surface area contributed by atoms with Gasteiger partial charge in [-0.25, -0.2) is 0 Å². The minimum Gasteiger partial charge on any atom is -0.289 e. The van der Waals surface area contributed by atoms with E-state index in [1.165, 1.54) is 57.9 Å². The zero-order valence-corrected chi connectivity index (χ0v) is 12.5. The number of unbranched alkanes of at least 4 members (excludes halogenated alkanes) is 1. The Bertz CT molecular complexity index is 155. The number of halogens is 1. The Hall–Kier alpha value is 0.690. The largest absolute Gasteiger partial charge is 0.289 e. The Kier molecular flexibility index (Phi) is 7.23. The van der Waals surface area contributed by atoms with Crippen molar-refractivity contribution >= 4 is 22.6 Å². The van der Waals surface area contributed by atoms with Crippen molar-refractivity contribution in [3.8, 4) is 0 Å². The molecule has 0 heterocycles. The van der Waals surface area contributed by atoms with Crippen molar-refractivity contribution in [3.05, 3.63) is 0 Å². The van der Waals surface area contributed by atoms with Crippen LogP contribution in [-0.2, 0) is 0 Å². The molecule has 0 bridgehead atoms. The Morgan fingerprint density at radius 1 is 1.20 bits per heavy atom. The number of nitrogens with zero attached hydrogens (tertiary/aromatic N) is 1. The first-order valence-electron chi connectivity index (χ1n) is 6.69. The number of alkyl halides is 1. The van der Waals surface area contributed by atoms with E-state index in [1.807, 2.05) is 0 Å². The van der Waals surface area contributed by atoms with E-state index in [-0.39, 0.29) is 0 Å². The Balaban J connectivity index is 2.37. The van der Waals surface area contributed by atoms with Gasteiger partial charge in [0.2, 0.25) is 0 Å². The summed E-state index contributed by atoms with van der Waals surface area (Å²) >= 11 is 2.66. The number of hydrogen-bond acceptors (Lipinski definition) is 1. The van der Waals surface area contributed by atoms with Crippen LogP contribution in [0.25, 0.3) is 0 Å². The first kappa shape index (κ1) is 13.8. The van der Waals surface area contributed by atoms with E-state index in [2.05, 4.69) is 41.3 Å². The Labute approximate surface area is 109 Å². The summed E-state index contributed by atoms with van der Waals surface area (Å²) in [4.78, 5) is 2.75. The Morgan fingerprint density at radius 3 is 2.40 bits per heavy atom. The lowest BCUT2D eigenvalue weighted by molar-refractivity contribution is 0.152. The van der Waals surface area contributed by atoms with Crippen LogP contribution in [0.4, 0.5) is 0 Å². The van der Waals surface area contributed by atoms with Crippen LogP contribution in [0, 0.1) is 0 Å². The van der Waals surface area contributed by atoms with Gasteiger partial charge in [-0.1, -0.05) is 68.5 Å². The lowest BCUT2D eigenvalue weighted by Gasteiger charge is -2.37. The molecular weight excluding hydrogens is 297 g/mol. The van der Waals surface area contributed by atoms with E-state index in [4.69, 9.17) is 0 Å². The second-order valence-corrected chi connectivity index (χ2v) is 6.14. The normalized spacial score (nSPS) is 20.8. The van der Waals surface area contributed by atoms with Crippen molar-refractivity contribution in [3.63, 3.8) is 0 Å². The van der Waals surface area contributed by atoms with Crippen LogP contribution in [-0.4, -0.2) is 21.5 Å². The molecule has 1 fully saturated rings. The van der Waals surface area contributed by atoms with E-state index < -0.39 is 0 Å². The van der Waals surface area contributed by atoms with Crippen molar-refractivity contribution in [2.75, 3.05) is 6.54 Å². The molecule has 0 aromatic carbocycles. The fraction of sp³-hybridized carbons (Fsp3) is 1.00. The van der Waals surface area contributed by atoms with Crippen molar-refractivity contribution in [2.24, 2.45) is 0 Å². The molecule has 0 aliphatic heterocycles. The molecule has 1 saturated carbocycles. The number of rotatable bonds is 6. The topological polar surface area (TPSA) is 3.24 Å². The molecular formula is C13H26IN. The molecule has 0 radical (unpaired) electrons. The Morgan fingerprint density at radius 2 is 1.87 bits per heavy atom. The van der Waals surface area contributed by atoms with Crippen LogP contribution in [0.2, 0.25) is 0 Å². The van der Waals surface area contributed by atoms with Crippen LogP contribution in [0.1, 0.15) is 65.2 Å². The fourth-order valence-electron chi connectivity index (χ4n) is 2.64. The van der Waals surface area contributed by atoms with E-state index in [1.54, 1.807) is 0 Å². The molecule has 0 aromatic heterocycles. The molecule has 0 aromatic rings. The highest BCUT2D eigenvalue weighted by atomic mass is 127. The summed E-state index contributed by atoms with van der Waals surface area (Å²) in [6.07, 6.45) is 11.4. The second-order valence-electron chi connectivity index (χ2n) is 4.70. The van der Waals surface area contributed by atoms with E-state index in [0.29, 0.717) is 0 Å². The predicted molar refractivity (Wildman–Crippen MR) is 76.6 cm³/mol. The van der Waals surface area contributed by atoms with E-state index >= 15 is 0 Å². The minimum absolute atomic E-state index is 0.774. The molecule has 15 heavy (non-hydrogen) atoms. The standard InChI is InChI=1S/C13H26IN/c1-3-5-11-13(14)15(4-2)12-9-7-6-8-10-12/h12-13H,3-11H2,1-2H3. The summed E-state index contributed by atoms with van der Waals surface area (Å²) in [5.41, 5.74) is 0. The zero-order valence-electron chi connectivity index (χ0n) is 10.3. The van der Waals surface area contributed by atoms with Gasteiger partial charge in [0.05, 0.1) is 4.05 Å². The second kappa shape index (κ2) is 7.88. The molecule has 0 spiro atoms. The van der Waals surface area contributed by atoms with Gasteiger partial charge in [0.1, 0.15) is 0 Å². The highest BCUT2D eigenvalue weighted by Gasteiger charge is 2.24. The molecule has 1 atom stereocenters. The van der Waals surface area contributed by atoms with Crippen LogP contribution < -0.4 is 0 Å². The van der Waals surface area contributed by atoms with Gasteiger partial charge in [-0.3, -0.25) is 4.90 Å². The monoisotopic (exact) mass is 323 g/mol. The van der Waals surface area contributed by atoms with E-state index in [0.717, 1.165) is 10.1 Å². The first-order valence-corrected chi connectivity index (χ1v) is 7.94. The lowest BCUT2D eigenvalue weighted by Crippen LogP contribution is -2.41. The summed E-state index contributed by atoms with van der Waals surface area (Å²) in [7, 11) is 0. The van der Waals surface area contributed by atoms with Crippen molar-refractivity contribution < 1.29 is 0 Å². The highest BCUT2D eigenvalue weighted by Crippen LogP contribution is 2.27. The first-order chi connectivity index (χ1) is 7.29. The van der Waals surface area contributed by atoms with Crippen molar-refractivity contribution in [1.29, 1.82) is 0 Å². The molecule has 2 heteroatoms. The highest BCUT2D eigenvalue weighted by molar-refractivity contribution is 14.1. The zero-order chi connectivity index (χ0) is 11.1. The van der Waals surface area contributed by atoms with Gasteiger partial charge < -0.3 is 0 Å². The average Bonchev–Trinajstić information content (AvgIpc) is 2.29. The summed E-state index contributed by atoms with van der Waals surface area (Å²) in [5, 5.41) is 0. The SMILES string of the molecule is CCCCC(I)N(CC)C1CCCCC1. The van der Waals surface area contributed by atoms with Crippen LogP contribution in [0.3, 0.4) is 0 Å². The van der Waals surface area contributed by atoms with Gasteiger partial charge >= 0.3 is 0 Å². The third-order valence-electron chi connectivity index (χ3n) is 3.56. The predicted octanol–water partition coefficient (Wildman–Crippen LogP) is 4.59. The summed E-state index contributed by atoms with van der Waals surface area (Å²) < 4.78 is 0.774. The maximum atomic E-state index is 2.75. The molecule has 1 rings (SSSR count). The van der Waals surface area contributed by atoms with Gasteiger partial charge in [-0.15, -0.1) is 0 Å². The maximum absolute atomic E-state index is 2.75. The van der Waals surface area contributed by atoms with E-state index in [9.17, 15) is 0 Å². The van der Waals surface area contributed by atoms with Gasteiger partial charge in [-0.05, 0) is 25.8 Å². The average molecular weight is 323 g/mol. The van der Waals surface area contributed by atoms with Crippen LogP contribution >= 0.6 is 22.6 Å². The molecule has 1 aliphatic rings. The molecule has 90 valence electrons. The summed E-state index contributed by atoms with van der Waals surface area (Å²) in [5.74, 6) is 0. The van der Waals surface area contributed by atoms with Crippen LogP contribution in [0.5, 0.6) is 0 Å². The summed E-state index contributed by atoms with van der Waals surface area (Å²) in [6.45, 7) is 5.86. The lowest BCUT2D eigenvalue weighted by atomic mass is 9.94. The molecule has 1 aliphatic carbocycles. The van der Waals surface area contributed by atoms with Gasteiger partial charge in [-0.2, -0.15) is 0 Å². The van der Waals surface area contributed by atoms with Crippen molar-refractivity contribution in [2.45, 2.75) is 75.3 Å². The smallest absolute Gasteiger partial charge is 0.0620 e. The number of hydrogen-bond donors (Lipinski definition) is 0. The van der Waals surface area contributed by atoms with Gasteiger partial charge in [0, 0.05) is 6.04 Å². The van der Waals surface area contributed by atoms with Crippen molar-refractivity contribution in [1.82, 2.24) is 4.90 Å². The molecule has 0 amide bonds. The summed E-state index contributed by atoms with van der Waals surface area (Å²) in [6, 6.07) is 0.891. The third kappa shape index (κ3) is 4.59. The minimum atomic E-state index is 0.774. The van der Waals surface area contributed by atoms with Gasteiger partial charge in [0.15, 0.2) is 0 Å². The quantitative estimate of drug-likeness (QED) is 0.392. The van der Waals surface area contributed by atoms with Gasteiger partial charge in [0.25, 0.3) is 0 Å². The molecule has 0 N–H and O–H groups in total. The molecule has 0 saturated heterocycles.